The van der Waals surface area contributed by atoms with Crippen LogP contribution in [0.1, 0.15) is 18.4 Å². The van der Waals surface area contributed by atoms with E-state index in [-0.39, 0.29) is 30.2 Å². The molecule has 2 rings (SSSR count). The van der Waals surface area contributed by atoms with E-state index >= 15 is 0 Å². The molecule has 0 saturated heterocycles. The second-order valence-electron chi connectivity index (χ2n) is 5.44. The fourth-order valence-corrected chi connectivity index (χ4v) is 2.34. The van der Waals surface area contributed by atoms with Crippen LogP contribution in [0.15, 0.2) is 54.6 Å². The van der Waals surface area contributed by atoms with Crippen LogP contribution in [-0.4, -0.2) is 23.6 Å². The Hall–Kier alpha value is -2.80. The number of esters is 1. The van der Waals surface area contributed by atoms with Crippen LogP contribution in [0.25, 0.3) is 0 Å². The Morgan fingerprint density at radius 3 is 2.42 bits per heavy atom. The van der Waals surface area contributed by atoms with Gasteiger partial charge in [-0.2, -0.15) is 0 Å². The lowest BCUT2D eigenvalue weighted by Crippen LogP contribution is -2.34. The summed E-state index contributed by atoms with van der Waals surface area (Å²) in [5, 5.41) is 4.96. The van der Waals surface area contributed by atoms with Crippen molar-refractivity contribution in [2.24, 2.45) is 0 Å². The molecule has 2 aromatic carbocycles. The topological polar surface area (TPSA) is 67.4 Å². The van der Waals surface area contributed by atoms with Crippen LogP contribution < -0.4 is 10.6 Å². The van der Waals surface area contributed by atoms with Gasteiger partial charge in [0.2, 0.25) is 5.91 Å². The van der Waals surface area contributed by atoms with Gasteiger partial charge in [0.05, 0.1) is 18.7 Å². The second-order valence-corrected chi connectivity index (χ2v) is 5.85. The second kappa shape index (κ2) is 10.2. The fraction of sp³-hybridized carbons (Fsp3) is 0.211. The van der Waals surface area contributed by atoms with Crippen LogP contribution in [0.3, 0.4) is 0 Å². The largest absolute Gasteiger partial charge is 0.465 e. The number of amides is 1. The summed E-state index contributed by atoms with van der Waals surface area (Å²) in [7, 11) is 0. The summed E-state index contributed by atoms with van der Waals surface area (Å²) in [6.07, 6.45) is 0.502. The first-order valence-corrected chi connectivity index (χ1v) is 8.50. The summed E-state index contributed by atoms with van der Waals surface area (Å²) in [5.41, 5.74) is 1.24. The van der Waals surface area contributed by atoms with E-state index in [0.717, 1.165) is 5.56 Å². The number of thiocarbonyl (C=S) groups is 1. The van der Waals surface area contributed by atoms with Crippen LogP contribution in [0, 0.1) is 5.82 Å². The van der Waals surface area contributed by atoms with Crippen molar-refractivity contribution in [3.8, 4) is 0 Å². The predicted molar refractivity (Wildman–Crippen MR) is 101 cm³/mol. The van der Waals surface area contributed by atoms with Gasteiger partial charge in [-0.15, -0.1) is 0 Å². The number of hydrogen-bond donors (Lipinski definition) is 2. The predicted octanol–water partition coefficient (Wildman–Crippen LogP) is 3.20. The highest BCUT2D eigenvalue weighted by Crippen LogP contribution is 2.11. The van der Waals surface area contributed by atoms with Crippen molar-refractivity contribution < 1.29 is 18.7 Å². The molecule has 0 aliphatic heterocycles. The van der Waals surface area contributed by atoms with Gasteiger partial charge in [0.15, 0.2) is 5.11 Å². The van der Waals surface area contributed by atoms with Gasteiger partial charge in [0.1, 0.15) is 5.82 Å². The van der Waals surface area contributed by atoms with Crippen molar-refractivity contribution >= 4 is 34.9 Å². The molecule has 0 saturated carbocycles. The summed E-state index contributed by atoms with van der Waals surface area (Å²) in [4.78, 5) is 23.4. The average molecular weight is 374 g/mol. The number of benzene rings is 2. The third-order valence-corrected chi connectivity index (χ3v) is 3.63. The van der Waals surface area contributed by atoms with Crippen LogP contribution in [-0.2, 0) is 20.7 Å². The number of carbonyl (C=O) groups is 2. The number of ether oxygens (including phenoxy) is 1. The Bertz CT molecular complexity index is 768. The van der Waals surface area contributed by atoms with Crippen molar-refractivity contribution in [3.63, 3.8) is 0 Å². The molecule has 1 amide bonds. The number of hydrogen-bond acceptors (Lipinski definition) is 4. The number of carbonyl (C=O) groups excluding carboxylic acids is 2. The summed E-state index contributed by atoms with van der Waals surface area (Å²) in [6.45, 7) is 0.262. The lowest BCUT2D eigenvalue weighted by atomic mass is 10.2. The van der Waals surface area contributed by atoms with Crippen molar-refractivity contribution in [2.75, 3.05) is 11.9 Å². The van der Waals surface area contributed by atoms with Crippen LogP contribution in [0.2, 0.25) is 0 Å². The molecule has 0 aliphatic rings. The smallest absolute Gasteiger partial charge is 0.306 e. The van der Waals surface area contributed by atoms with E-state index in [1.807, 2.05) is 30.3 Å². The highest BCUT2D eigenvalue weighted by molar-refractivity contribution is 7.80. The van der Waals surface area contributed by atoms with Gasteiger partial charge < -0.3 is 15.4 Å². The first-order chi connectivity index (χ1) is 12.5. The Morgan fingerprint density at radius 1 is 1.00 bits per heavy atom. The molecule has 0 radical (unpaired) electrons. The van der Waals surface area contributed by atoms with E-state index in [9.17, 15) is 14.0 Å². The molecule has 0 fully saturated rings. The van der Waals surface area contributed by atoms with Crippen molar-refractivity contribution in [1.82, 2.24) is 5.32 Å². The maximum atomic E-state index is 13.5. The molecule has 0 unspecified atom stereocenters. The number of nitrogens with one attached hydrogen (secondary N) is 2. The van der Waals surface area contributed by atoms with Crippen LogP contribution >= 0.6 is 12.2 Å². The van der Waals surface area contributed by atoms with E-state index < -0.39 is 17.7 Å². The zero-order valence-corrected chi connectivity index (χ0v) is 14.9. The monoisotopic (exact) mass is 374 g/mol. The molecule has 0 atom stereocenters. The molecular weight excluding hydrogens is 355 g/mol. The molecular formula is C19H19FN2O3S. The molecule has 2 aromatic rings. The summed E-state index contributed by atoms with van der Waals surface area (Å²) in [6, 6.07) is 15.6. The maximum absolute atomic E-state index is 13.5. The zero-order valence-electron chi connectivity index (χ0n) is 14.0. The summed E-state index contributed by atoms with van der Waals surface area (Å²) < 4.78 is 18.6. The third kappa shape index (κ3) is 6.98. The summed E-state index contributed by atoms with van der Waals surface area (Å²) in [5.74, 6) is -1.38. The first kappa shape index (κ1) is 19.5. The van der Waals surface area contributed by atoms with Gasteiger partial charge in [0.25, 0.3) is 0 Å². The third-order valence-electron chi connectivity index (χ3n) is 3.43. The molecule has 7 heteroatoms. The lowest BCUT2D eigenvalue weighted by molar-refractivity contribution is -0.144. The zero-order chi connectivity index (χ0) is 18.8. The Balaban J connectivity index is 1.64. The highest BCUT2D eigenvalue weighted by Gasteiger charge is 2.10. The van der Waals surface area contributed by atoms with Crippen molar-refractivity contribution in [1.29, 1.82) is 0 Å². The van der Waals surface area contributed by atoms with Crippen molar-refractivity contribution in [2.45, 2.75) is 19.3 Å². The number of para-hydroxylation sites is 1. The van der Waals surface area contributed by atoms with E-state index in [1.54, 1.807) is 12.1 Å². The van der Waals surface area contributed by atoms with Gasteiger partial charge in [-0.25, -0.2) is 4.39 Å². The van der Waals surface area contributed by atoms with E-state index in [0.29, 0.717) is 6.42 Å². The standard InChI is InChI=1S/C19H19FN2O3S/c20-15-8-4-5-9-16(15)21-19(26)22-17(23)10-11-18(24)25-13-12-14-6-2-1-3-7-14/h1-9H,10-13H2,(H2,21,22,23,26). The fourth-order valence-electron chi connectivity index (χ4n) is 2.12. The molecule has 0 bridgehead atoms. The molecule has 0 heterocycles. The van der Waals surface area contributed by atoms with Gasteiger partial charge in [-0.3, -0.25) is 9.59 Å². The average Bonchev–Trinajstić information content (AvgIpc) is 2.63. The molecule has 0 spiro atoms. The quantitative estimate of drug-likeness (QED) is 0.575. The van der Waals surface area contributed by atoms with Gasteiger partial charge in [-0.1, -0.05) is 42.5 Å². The molecule has 2 N–H and O–H groups in total. The van der Waals surface area contributed by atoms with Gasteiger partial charge >= 0.3 is 5.97 Å². The van der Waals surface area contributed by atoms with Gasteiger partial charge in [-0.05, 0) is 29.9 Å². The normalized spacial score (nSPS) is 10.0. The minimum Gasteiger partial charge on any atom is -0.465 e. The first-order valence-electron chi connectivity index (χ1n) is 8.09. The minimum absolute atomic E-state index is 0.0301. The highest BCUT2D eigenvalue weighted by atomic mass is 32.1. The van der Waals surface area contributed by atoms with E-state index in [1.165, 1.54) is 12.1 Å². The molecule has 136 valence electrons. The molecule has 26 heavy (non-hydrogen) atoms. The van der Waals surface area contributed by atoms with Crippen molar-refractivity contribution in [3.05, 3.63) is 66.0 Å². The van der Waals surface area contributed by atoms with E-state index in [4.69, 9.17) is 17.0 Å². The molecule has 5 nitrogen and oxygen atoms in total. The minimum atomic E-state index is -0.480. The van der Waals surface area contributed by atoms with Crippen LogP contribution in [0.5, 0.6) is 0 Å². The molecule has 0 aliphatic carbocycles. The maximum Gasteiger partial charge on any atom is 0.306 e. The number of anilines is 1. The Kier molecular flexibility index (Phi) is 7.70. The van der Waals surface area contributed by atoms with Gasteiger partial charge in [0, 0.05) is 12.8 Å². The summed E-state index contributed by atoms with van der Waals surface area (Å²) >= 11 is 4.95. The van der Waals surface area contributed by atoms with E-state index in [2.05, 4.69) is 10.6 Å². The number of rotatable bonds is 7. The Labute approximate surface area is 156 Å². The lowest BCUT2D eigenvalue weighted by Gasteiger charge is -2.10. The van der Waals surface area contributed by atoms with Crippen LogP contribution in [0.4, 0.5) is 10.1 Å². The Morgan fingerprint density at radius 2 is 1.69 bits per heavy atom. The SMILES string of the molecule is O=C(CCC(=O)OCCc1ccccc1)NC(=S)Nc1ccccc1F. The number of halogens is 1. The molecule has 0 aromatic heterocycles.